The highest BCUT2D eigenvalue weighted by molar-refractivity contribution is 7.89. The van der Waals surface area contributed by atoms with Crippen molar-refractivity contribution in [2.24, 2.45) is 5.92 Å². The lowest BCUT2D eigenvalue weighted by Gasteiger charge is -2.34. The predicted molar refractivity (Wildman–Crippen MR) is 102 cm³/mol. The van der Waals surface area contributed by atoms with Gasteiger partial charge >= 0.3 is 0 Å². The van der Waals surface area contributed by atoms with Crippen LogP contribution in [0.1, 0.15) is 39.2 Å². The SMILES string of the molecule is CCOc1cc(C)c(Cl)cc1S(=O)(=O)NC1CCCN(C(=O)C(C)C)C1. The zero-order chi connectivity index (χ0) is 19.5. The van der Waals surface area contributed by atoms with Crippen LogP contribution in [0.15, 0.2) is 17.0 Å². The van der Waals surface area contributed by atoms with Crippen LogP contribution >= 0.6 is 11.6 Å². The molecule has 6 nitrogen and oxygen atoms in total. The number of benzene rings is 1. The molecule has 1 aliphatic rings. The molecule has 0 saturated carbocycles. The van der Waals surface area contributed by atoms with Gasteiger partial charge in [-0.15, -0.1) is 0 Å². The second-order valence-electron chi connectivity index (χ2n) is 6.88. The van der Waals surface area contributed by atoms with E-state index in [0.29, 0.717) is 31.1 Å². The van der Waals surface area contributed by atoms with E-state index in [2.05, 4.69) is 4.72 Å². The average molecular weight is 403 g/mol. The number of sulfonamides is 1. The highest BCUT2D eigenvalue weighted by Gasteiger charge is 2.30. The second kappa shape index (κ2) is 8.59. The first-order chi connectivity index (χ1) is 12.2. The van der Waals surface area contributed by atoms with Crippen molar-refractivity contribution in [1.29, 1.82) is 0 Å². The van der Waals surface area contributed by atoms with Crippen molar-refractivity contribution in [2.45, 2.75) is 51.5 Å². The third-order valence-corrected chi connectivity index (χ3v) is 6.31. The Hall–Kier alpha value is -1.31. The van der Waals surface area contributed by atoms with Crippen LogP contribution in [0.4, 0.5) is 0 Å². The number of aryl methyl sites for hydroxylation is 1. The van der Waals surface area contributed by atoms with Gasteiger partial charge in [-0.05, 0) is 44.4 Å². The summed E-state index contributed by atoms with van der Waals surface area (Å²) in [4.78, 5) is 14.0. The van der Waals surface area contributed by atoms with E-state index in [1.807, 2.05) is 13.8 Å². The summed E-state index contributed by atoms with van der Waals surface area (Å²) in [5, 5.41) is 0.370. The molecule has 1 amide bonds. The largest absolute Gasteiger partial charge is 0.492 e. The standard InChI is InChI=1S/C18H27ClN2O4S/c1-5-25-16-9-13(4)15(19)10-17(16)26(23,24)20-14-7-6-8-21(11-14)18(22)12(2)3/h9-10,12,14,20H,5-8,11H2,1-4H3. The summed E-state index contributed by atoms with van der Waals surface area (Å²) in [6.07, 6.45) is 1.45. The maximum absolute atomic E-state index is 12.9. The summed E-state index contributed by atoms with van der Waals surface area (Å²) in [6.45, 7) is 8.67. The van der Waals surface area contributed by atoms with Crippen LogP contribution in [0, 0.1) is 12.8 Å². The Bertz CT molecular complexity index is 765. The topological polar surface area (TPSA) is 75.7 Å². The molecule has 1 aromatic rings. The Labute approximate surface area is 160 Å². The summed E-state index contributed by atoms with van der Waals surface area (Å²) in [5.41, 5.74) is 0.750. The Morgan fingerprint density at radius 2 is 2.12 bits per heavy atom. The van der Waals surface area contributed by atoms with Crippen molar-refractivity contribution >= 4 is 27.5 Å². The number of hydrogen-bond donors (Lipinski definition) is 1. The molecule has 0 aliphatic carbocycles. The summed E-state index contributed by atoms with van der Waals surface area (Å²) in [5.74, 6) is 0.223. The maximum Gasteiger partial charge on any atom is 0.244 e. The number of carbonyl (C=O) groups is 1. The third-order valence-electron chi connectivity index (χ3n) is 4.36. The van der Waals surface area contributed by atoms with Gasteiger partial charge in [0.25, 0.3) is 0 Å². The van der Waals surface area contributed by atoms with Crippen LogP contribution in [0.5, 0.6) is 5.75 Å². The lowest BCUT2D eigenvalue weighted by molar-refractivity contribution is -0.135. The zero-order valence-electron chi connectivity index (χ0n) is 15.7. The number of hydrogen-bond acceptors (Lipinski definition) is 4. The molecule has 1 unspecified atom stereocenters. The number of ether oxygens (including phenoxy) is 1. The van der Waals surface area contributed by atoms with Gasteiger partial charge < -0.3 is 9.64 Å². The zero-order valence-corrected chi connectivity index (χ0v) is 17.3. The minimum absolute atomic E-state index is 0.0299. The Balaban J connectivity index is 2.23. The quantitative estimate of drug-likeness (QED) is 0.793. The molecule has 146 valence electrons. The molecular formula is C18H27ClN2O4S. The van der Waals surface area contributed by atoms with Gasteiger partial charge in [-0.1, -0.05) is 25.4 Å². The number of piperidine rings is 1. The molecule has 0 spiro atoms. The summed E-state index contributed by atoms with van der Waals surface area (Å²) in [6, 6.07) is 2.73. The lowest BCUT2D eigenvalue weighted by atomic mass is 10.0. The van der Waals surface area contributed by atoms with E-state index in [1.54, 1.807) is 24.8 Å². The van der Waals surface area contributed by atoms with Gasteiger partial charge in [-0.2, -0.15) is 0 Å². The molecule has 1 atom stereocenters. The first kappa shape index (κ1) is 21.0. The first-order valence-corrected chi connectivity index (χ1v) is 10.8. The lowest BCUT2D eigenvalue weighted by Crippen LogP contribution is -2.50. The number of rotatable bonds is 6. The molecule has 1 N–H and O–H groups in total. The van der Waals surface area contributed by atoms with Crippen molar-refractivity contribution in [3.05, 3.63) is 22.7 Å². The Morgan fingerprint density at radius 3 is 2.73 bits per heavy atom. The molecule has 1 aliphatic heterocycles. The van der Waals surface area contributed by atoms with E-state index in [-0.39, 0.29) is 28.5 Å². The van der Waals surface area contributed by atoms with Gasteiger partial charge in [0.2, 0.25) is 15.9 Å². The molecule has 0 bridgehead atoms. The first-order valence-electron chi connectivity index (χ1n) is 8.89. The van der Waals surface area contributed by atoms with Gasteiger partial charge in [0.15, 0.2) is 0 Å². The summed E-state index contributed by atoms with van der Waals surface area (Å²) < 4.78 is 34.1. The van der Waals surface area contributed by atoms with Crippen LogP contribution in [0.25, 0.3) is 0 Å². The molecule has 8 heteroatoms. The predicted octanol–water partition coefficient (Wildman–Crippen LogP) is 2.97. The fraction of sp³-hybridized carbons (Fsp3) is 0.611. The molecule has 0 aromatic heterocycles. The van der Waals surface area contributed by atoms with E-state index in [1.165, 1.54) is 6.07 Å². The van der Waals surface area contributed by atoms with E-state index >= 15 is 0 Å². The highest BCUT2D eigenvalue weighted by Crippen LogP contribution is 2.31. The van der Waals surface area contributed by atoms with E-state index in [9.17, 15) is 13.2 Å². The normalized spacial score (nSPS) is 18.2. The van der Waals surface area contributed by atoms with E-state index in [4.69, 9.17) is 16.3 Å². The molecule has 0 radical (unpaired) electrons. The number of halogens is 1. The number of nitrogens with one attached hydrogen (secondary N) is 1. The fourth-order valence-corrected chi connectivity index (χ4v) is 4.68. The van der Waals surface area contributed by atoms with Gasteiger partial charge in [-0.25, -0.2) is 13.1 Å². The number of amides is 1. The van der Waals surface area contributed by atoms with Crippen molar-refractivity contribution in [1.82, 2.24) is 9.62 Å². The fourth-order valence-electron chi connectivity index (χ4n) is 3.04. The monoisotopic (exact) mass is 402 g/mol. The van der Waals surface area contributed by atoms with Crippen LogP contribution in [-0.2, 0) is 14.8 Å². The Kier molecular flexibility index (Phi) is 6.93. The summed E-state index contributed by atoms with van der Waals surface area (Å²) >= 11 is 6.13. The minimum atomic E-state index is -3.82. The van der Waals surface area contributed by atoms with E-state index in [0.717, 1.165) is 12.0 Å². The molecule has 2 rings (SSSR count). The summed E-state index contributed by atoms with van der Waals surface area (Å²) in [7, 11) is -3.82. The number of nitrogens with zero attached hydrogens (tertiary/aromatic N) is 1. The van der Waals surface area contributed by atoms with E-state index < -0.39 is 10.0 Å². The van der Waals surface area contributed by atoms with Crippen LogP contribution in [0.2, 0.25) is 5.02 Å². The second-order valence-corrected chi connectivity index (χ2v) is 8.97. The van der Waals surface area contributed by atoms with Crippen LogP contribution < -0.4 is 9.46 Å². The molecule has 1 saturated heterocycles. The number of likely N-dealkylation sites (tertiary alicyclic amines) is 1. The average Bonchev–Trinajstić information content (AvgIpc) is 2.57. The van der Waals surface area contributed by atoms with Crippen molar-refractivity contribution in [3.8, 4) is 5.75 Å². The molecule has 26 heavy (non-hydrogen) atoms. The molecule has 1 heterocycles. The Morgan fingerprint density at radius 1 is 1.42 bits per heavy atom. The minimum Gasteiger partial charge on any atom is -0.492 e. The van der Waals surface area contributed by atoms with Crippen molar-refractivity contribution in [2.75, 3.05) is 19.7 Å². The highest BCUT2D eigenvalue weighted by atomic mass is 35.5. The van der Waals surface area contributed by atoms with Gasteiger partial charge in [0, 0.05) is 30.1 Å². The van der Waals surface area contributed by atoms with Crippen LogP contribution in [-0.4, -0.2) is 45.0 Å². The number of carbonyl (C=O) groups excluding carboxylic acids is 1. The van der Waals surface area contributed by atoms with Gasteiger partial charge in [0.1, 0.15) is 10.6 Å². The van der Waals surface area contributed by atoms with Gasteiger partial charge in [-0.3, -0.25) is 4.79 Å². The smallest absolute Gasteiger partial charge is 0.244 e. The third kappa shape index (κ3) is 4.90. The van der Waals surface area contributed by atoms with Crippen molar-refractivity contribution < 1.29 is 17.9 Å². The van der Waals surface area contributed by atoms with Crippen molar-refractivity contribution in [3.63, 3.8) is 0 Å². The molecule has 1 aromatic carbocycles. The maximum atomic E-state index is 12.9. The molecule has 1 fully saturated rings. The molecular weight excluding hydrogens is 376 g/mol. The van der Waals surface area contributed by atoms with Gasteiger partial charge in [0.05, 0.1) is 6.61 Å². The van der Waals surface area contributed by atoms with Crippen LogP contribution in [0.3, 0.4) is 0 Å².